The third kappa shape index (κ3) is 3.69. The Hall–Kier alpha value is -2.96. The zero-order valence-corrected chi connectivity index (χ0v) is 17.0. The number of carbonyl (C=O) groups is 2. The van der Waals surface area contributed by atoms with Crippen molar-refractivity contribution in [3.05, 3.63) is 48.3 Å². The number of rotatable bonds is 5. The Morgan fingerprint density at radius 1 is 1.07 bits per heavy atom. The minimum Gasteiger partial charge on any atom is -0.338 e. The van der Waals surface area contributed by atoms with Crippen LogP contribution in [0.1, 0.15) is 25.3 Å². The Bertz CT molecular complexity index is 889. The molecule has 1 aromatic carbocycles. The Morgan fingerprint density at radius 3 is 2.34 bits per heavy atom. The average Bonchev–Trinajstić information content (AvgIpc) is 3.57. The summed E-state index contributed by atoms with van der Waals surface area (Å²) < 4.78 is 0. The quantitative estimate of drug-likeness (QED) is 0.729. The van der Waals surface area contributed by atoms with Crippen molar-refractivity contribution in [1.82, 2.24) is 14.9 Å². The van der Waals surface area contributed by atoms with Gasteiger partial charge in [0.1, 0.15) is 5.41 Å². The molecule has 1 aromatic heterocycles. The summed E-state index contributed by atoms with van der Waals surface area (Å²) in [4.78, 5) is 41.0. The maximum Gasteiger partial charge on any atom is 0.242 e. The lowest BCUT2D eigenvalue weighted by Crippen LogP contribution is -2.54. The molecule has 2 aliphatic rings. The molecule has 0 N–H and O–H groups in total. The molecule has 1 saturated carbocycles. The van der Waals surface area contributed by atoms with Gasteiger partial charge in [-0.3, -0.25) is 9.59 Å². The maximum atomic E-state index is 13.4. The molecule has 2 amide bonds. The van der Waals surface area contributed by atoms with Crippen molar-refractivity contribution >= 4 is 23.5 Å². The van der Waals surface area contributed by atoms with E-state index in [-0.39, 0.29) is 11.8 Å². The van der Waals surface area contributed by atoms with Crippen LogP contribution in [0.5, 0.6) is 0 Å². The van der Waals surface area contributed by atoms with Gasteiger partial charge >= 0.3 is 0 Å². The first-order valence-corrected chi connectivity index (χ1v) is 10.2. The normalized spacial score (nSPS) is 17.7. The van der Waals surface area contributed by atoms with Crippen LogP contribution in [-0.2, 0) is 9.59 Å². The number of aromatic nitrogens is 2. The highest BCUT2D eigenvalue weighted by atomic mass is 16.2. The summed E-state index contributed by atoms with van der Waals surface area (Å²) in [5.41, 5.74) is 1.08. The second kappa shape index (κ2) is 7.81. The minimum atomic E-state index is -0.884. The molecule has 4 rings (SSSR count). The highest BCUT2D eigenvalue weighted by Crippen LogP contribution is 2.49. The monoisotopic (exact) mass is 393 g/mol. The number of aryl methyl sites for hydroxylation is 1. The van der Waals surface area contributed by atoms with Crippen molar-refractivity contribution in [2.75, 3.05) is 42.5 Å². The number of hydrogen-bond acceptors (Lipinski definition) is 5. The van der Waals surface area contributed by atoms with Crippen LogP contribution in [0.4, 0.5) is 11.6 Å². The molecule has 1 saturated heterocycles. The SMILES string of the molecule is CCN(C(=O)C1(C(=O)N2CCN(c3ncccn3)CC2)CC1)c1cccc(C)c1. The summed E-state index contributed by atoms with van der Waals surface area (Å²) in [6.07, 6.45) is 4.72. The second-order valence-corrected chi connectivity index (χ2v) is 7.80. The molecule has 0 bridgehead atoms. The van der Waals surface area contributed by atoms with Gasteiger partial charge in [0, 0.05) is 50.8 Å². The minimum absolute atomic E-state index is 0.0257. The van der Waals surface area contributed by atoms with Crippen LogP contribution >= 0.6 is 0 Å². The fourth-order valence-electron chi connectivity index (χ4n) is 4.01. The highest BCUT2D eigenvalue weighted by Gasteiger charge is 2.59. The van der Waals surface area contributed by atoms with Crippen LogP contribution in [0.2, 0.25) is 0 Å². The zero-order chi connectivity index (χ0) is 20.4. The number of amides is 2. The zero-order valence-electron chi connectivity index (χ0n) is 17.0. The Morgan fingerprint density at radius 2 is 1.76 bits per heavy atom. The number of carbonyl (C=O) groups excluding carboxylic acids is 2. The van der Waals surface area contributed by atoms with Crippen LogP contribution in [0.15, 0.2) is 42.7 Å². The van der Waals surface area contributed by atoms with Crippen molar-refractivity contribution in [1.29, 1.82) is 0 Å². The van der Waals surface area contributed by atoms with Crippen molar-refractivity contribution in [3.63, 3.8) is 0 Å². The van der Waals surface area contributed by atoms with E-state index in [0.717, 1.165) is 11.3 Å². The standard InChI is InChI=1S/C22H27N5O2/c1-3-27(18-7-4-6-17(2)16-18)20(29)22(8-9-22)19(28)25-12-14-26(15-13-25)21-23-10-5-11-24-21/h4-7,10-11,16H,3,8-9,12-15H2,1-2H3. The van der Waals surface area contributed by atoms with Crippen molar-refractivity contribution in [3.8, 4) is 0 Å². The van der Waals surface area contributed by atoms with Crippen LogP contribution in [0.3, 0.4) is 0 Å². The topological polar surface area (TPSA) is 69.6 Å². The Labute approximate surface area is 171 Å². The lowest BCUT2D eigenvalue weighted by molar-refractivity contribution is -0.143. The summed E-state index contributed by atoms with van der Waals surface area (Å²) >= 11 is 0. The third-order valence-electron chi connectivity index (χ3n) is 5.85. The molecule has 1 aliphatic carbocycles. The molecule has 29 heavy (non-hydrogen) atoms. The summed E-state index contributed by atoms with van der Waals surface area (Å²) in [6.45, 7) is 7.04. The van der Waals surface area contributed by atoms with Gasteiger partial charge in [-0.15, -0.1) is 0 Å². The van der Waals surface area contributed by atoms with Gasteiger partial charge in [-0.1, -0.05) is 12.1 Å². The molecular weight excluding hydrogens is 366 g/mol. The average molecular weight is 393 g/mol. The molecule has 1 aliphatic heterocycles. The largest absolute Gasteiger partial charge is 0.338 e. The molecule has 0 atom stereocenters. The number of benzene rings is 1. The maximum absolute atomic E-state index is 13.4. The predicted octanol–water partition coefficient (Wildman–Crippen LogP) is 2.27. The molecule has 2 aromatic rings. The van der Waals surface area contributed by atoms with Gasteiger partial charge in [0.15, 0.2) is 0 Å². The summed E-state index contributed by atoms with van der Waals surface area (Å²) in [5.74, 6) is 0.597. The third-order valence-corrected chi connectivity index (χ3v) is 5.85. The van der Waals surface area contributed by atoms with Crippen LogP contribution in [-0.4, -0.2) is 59.4 Å². The van der Waals surface area contributed by atoms with E-state index in [9.17, 15) is 9.59 Å². The first-order valence-electron chi connectivity index (χ1n) is 10.2. The van der Waals surface area contributed by atoms with Crippen LogP contribution in [0.25, 0.3) is 0 Å². The molecule has 7 heteroatoms. The Balaban J connectivity index is 1.45. The van der Waals surface area contributed by atoms with Gasteiger partial charge in [-0.25, -0.2) is 9.97 Å². The summed E-state index contributed by atoms with van der Waals surface area (Å²) in [5, 5.41) is 0. The number of nitrogens with zero attached hydrogens (tertiary/aromatic N) is 5. The van der Waals surface area contributed by atoms with E-state index in [1.807, 2.05) is 43.0 Å². The Kier molecular flexibility index (Phi) is 5.22. The fraction of sp³-hybridized carbons (Fsp3) is 0.455. The van der Waals surface area contributed by atoms with E-state index in [1.54, 1.807) is 23.4 Å². The smallest absolute Gasteiger partial charge is 0.242 e. The number of anilines is 2. The van der Waals surface area contributed by atoms with Crippen LogP contribution in [0, 0.1) is 12.3 Å². The predicted molar refractivity (Wildman–Crippen MR) is 112 cm³/mol. The molecule has 0 radical (unpaired) electrons. The van der Waals surface area contributed by atoms with Crippen molar-refractivity contribution < 1.29 is 9.59 Å². The van der Waals surface area contributed by atoms with Gasteiger partial charge in [-0.2, -0.15) is 0 Å². The van der Waals surface area contributed by atoms with E-state index in [1.165, 1.54) is 0 Å². The van der Waals surface area contributed by atoms with Crippen molar-refractivity contribution in [2.24, 2.45) is 5.41 Å². The lowest BCUT2D eigenvalue weighted by Gasteiger charge is -2.37. The molecule has 152 valence electrons. The van der Waals surface area contributed by atoms with E-state index in [2.05, 4.69) is 14.9 Å². The lowest BCUT2D eigenvalue weighted by atomic mass is 10.0. The molecule has 2 heterocycles. The first kappa shape index (κ1) is 19.4. The number of hydrogen-bond donors (Lipinski definition) is 0. The van der Waals surface area contributed by atoms with Gasteiger partial charge in [-0.05, 0) is 50.5 Å². The van der Waals surface area contributed by atoms with Crippen LogP contribution < -0.4 is 9.80 Å². The van der Waals surface area contributed by atoms with E-state index < -0.39 is 5.41 Å². The van der Waals surface area contributed by atoms with Gasteiger partial charge in [0.05, 0.1) is 0 Å². The van der Waals surface area contributed by atoms with E-state index in [0.29, 0.717) is 51.5 Å². The van der Waals surface area contributed by atoms with Crippen molar-refractivity contribution in [2.45, 2.75) is 26.7 Å². The second-order valence-electron chi connectivity index (χ2n) is 7.80. The van der Waals surface area contributed by atoms with E-state index >= 15 is 0 Å². The molecule has 7 nitrogen and oxygen atoms in total. The molecular formula is C22H27N5O2. The van der Waals surface area contributed by atoms with E-state index in [4.69, 9.17) is 0 Å². The van der Waals surface area contributed by atoms with Gasteiger partial charge in [0.2, 0.25) is 17.8 Å². The van der Waals surface area contributed by atoms with Gasteiger partial charge < -0.3 is 14.7 Å². The first-order chi connectivity index (χ1) is 14.0. The highest BCUT2D eigenvalue weighted by molar-refractivity contribution is 6.14. The summed E-state index contributed by atoms with van der Waals surface area (Å²) in [6, 6.07) is 9.69. The number of piperazine rings is 1. The van der Waals surface area contributed by atoms with Gasteiger partial charge in [0.25, 0.3) is 0 Å². The summed E-state index contributed by atoms with van der Waals surface area (Å²) in [7, 11) is 0. The fourth-order valence-corrected chi connectivity index (χ4v) is 4.01. The molecule has 0 spiro atoms. The molecule has 2 fully saturated rings. The molecule has 0 unspecified atom stereocenters.